The van der Waals surface area contributed by atoms with Gasteiger partial charge in [-0.05, 0) is 47.9 Å². The van der Waals surface area contributed by atoms with Crippen molar-refractivity contribution in [3.05, 3.63) is 64.3 Å². The molecule has 3 heterocycles. The van der Waals surface area contributed by atoms with Crippen LogP contribution in [-0.2, 0) is 21.0 Å². The number of benzene rings is 2. The second-order valence-corrected chi connectivity index (χ2v) is 10.7. The lowest BCUT2D eigenvalue weighted by molar-refractivity contribution is 0.0398. The standard InChI is InChI=1S/C23H24ClN3O4S/c1-32(29,30)17-5-2-15(3-6-17)22-21-18(19-14-16(24)4-7-20(19)25-21)8-9-27(22)23(28)26-10-12-31-13-11-26/h2-7,14,22,25H,8-13H2,1H3. The molecule has 0 saturated carbocycles. The molecule has 1 fully saturated rings. The summed E-state index contributed by atoms with van der Waals surface area (Å²) in [6.45, 7) is 2.74. The number of morpholine rings is 1. The Morgan fingerprint density at radius 2 is 1.81 bits per heavy atom. The average molecular weight is 474 g/mol. The summed E-state index contributed by atoms with van der Waals surface area (Å²) < 4.78 is 29.3. The minimum atomic E-state index is -3.31. The highest BCUT2D eigenvalue weighted by Crippen LogP contribution is 2.39. The van der Waals surface area contributed by atoms with Gasteiger partial charge >= 0.3 is 6.03 Å². The molecule has 0 radical (unpaired) electrons. The second-order valence-electron chi connectivity index (χ2n) is 8.28. The molecule has 1 N–H and O–H groups in total. The van der Waals surface area contributed by atoms with Gasteiger partial charge in [-0.2, -0.15) is 0 Å². The van der Waals surface area contributed by atoms with Crippen LogP contribution in [0.2, 0.25) is 5.02 Å². The van der Waals surface area contributed by atoms with E-state index < -0.39 is 9.84 Å². The monoisotopic (exact) mass is 473 g/mol. The predicted octanol–water partition coefficient (Wildman–Crippen LogP) is 3.62. The van der Waals surface area contributed by atoms with Gasteiger partial charge in [0.15, 0.2) is 9.84 Å². The van der Waals surface area contributed by atoms with Crippen LogP contribution in [0.5, 0.6) is 0 Å². The number of urea groups is 1. The van der Waals surface area contributed by atoms with Crippen molar-refractivity contribution in [2.45, 2.75) is 17.4 Å². The van der Waals surface area contributed by atoms with Crippen LogP contribution in [0, 0.1) is 0 Å². The molecule has 1 saturated heterocycles. The zero-order chi connectivity index (χ0) is 22.5. The van der Waals surface area contributed by atoms with E-state index in [1.807, 2.05) is 28.0 Å². The van der Waals surface area contributed by atoms with E-state index in [0.29, 0.717) is 44.3 Å². The van der Waals surface area contributed by atoms with E-state index >= 15 is 0 Å². The number of hydrogen-bond acceptors (Lipinski definition) is 4. The number of fused-ring (bicyclic) bond motifs is 3. The molecular formula is C23H24ClN3O4S. The fourth-order valence-electron chi connectivity index (χ4n) is 4.65. The fourth-order valence-corrected chi connectivity index (χ4v) is 5.45. The molecule has 5 rings (SSSR count). The van der Waals surface area contributed by atoms with Crippen LogP contribution in [0.3, 0.4) is 0 Å². The van der Waals surface area contributed by atoms with Crippen molar-refractivity contribution >= 4 is 38.4 Å². The van der Waals surface area contributed by atoms with Crippen LogP contribution in [0.4, 0.5) is 4.79 Å². The molecule has 2 aromatic carbocycles. The first-order valence-corrected chi connectivity index (χ1v) is 12.8. The van der Waals surface area contributed by atoms with Gasteiger partial charge in [0.05, 0.1) is 24.2 Å². The second kappa shape index (κ2) is 8.10. The quantitative estimate of drug-likeness (QED) is 0.616. The van der Waals surface area contributed by atoms with Gasteiger partial charge in [0.1, 0.15) is 0 Å². The number of amides is 2. The molecule has 0 bridgehead atoms. The van der Waals surface area contributed by atoms with Crippen LogP contribution in [-0.4, -0.2) is 68.3 Å². The third kappa shape index (κ3) is 3.76. The third-order valence-corrected chi connectivity index (χ3v) is 7.60. The molecular weight excluding hydrogens is 450 g/mol. The van der Waals surface area contributed by atoms with Crippen LogP contribution < -0.4 is 0 Å². The number of nitrogens with zero attached hydrogens (tertiary/aromatic N) is 2. The maximum Gasteiger partial charge on any atom is 0.321 e. The number of rotatable bonds is 2. The Morgan fingerprint density at radius 3 is 2.50 bits per heavy atom. The predicted molar refractivity (Wildman–Crippen MR) is 123 cm³/mol. The smallest absolute Gasteiger partial charge is 0.321 e. The van der Waals surface area contributed by atoms with Crippen molar-refractivity contribution in [1.82, 2.24) is 14.8 Å². The number of sulfone groups is 1. The largest absolute Gasteiger partial charge is 0.378 e. The number of H-pyrrole nitrogens is 1. The van der Waals surface area contributed by atoms with Gasteiger partial charge < -0.3 is 19.5 Å². The van der Waals surface area contributed by atoms with Gasteiger partial charge in [-0.1, -0.05) is 23.7 Å². The molecule has 1 aromatic heterocycles. The SMILES string of the molecule is CS(=O)(=O)c1ccc(C2c3[nH]c4ccc(Cl)cc4c3CCN2C(=O)N2CCOCC2)cc1. The Balaban J connectivity index is 1.62. The summed E-state index contributed by atoms with van der Waals surface area (Å²) >= 11 is 6.26. The van der Waals surface area contributed by atoms with E-state index in [-0.39, 0.29) is 17.0 Å². The van der Waals surface area contributed by atoms with E-state index in [4.69, 9.17) is 16.3 Å². The lowest BCUT2D eigenvalue weighted by Gasteiger charge is -2.40. The Morgan fingerprint density at radius 1 is 1.09 bits per heavy atom. The molecule has 9 heteroatoms. The summed E-state index contributed by atoms with van der Waals surface area (Å²) in [4.78, 5) is 21.0. The summed E-state index contributed by atoms with van der Waals surface area (Å²) in [5.74, 6) is 0. The lowest BCUT2D eigenvalue weighted by Crippen LogP contribution is -2.51. The van der Waals surface area contributed by atoms with E-state index in [9.17, 15) is 13.2 Å². The van der Waals surface area contributed by atoms with Crippen molar-refractivity contribution < 1.29 is 17.9 Å². The van der Waals surface area contributed by atoms with E-state index in [1.54, 1.807) is 24.3 Å². The number of ether oxygens (including phenoxy) is 1. The van der Waals surface area contributed by atoms with Crippen LogP contribution >= 0.6 is 11.6 Å². The summed E-state index contributed by atoms with van der Waals surface area (Å²) in [5, 5.41) is 1.73. The van der Waals surface area contributed by atoms with Gasteiger partial charge in [0.25, 0.3) is 0 Å². The van der Waals surface area contributed by atoms with E-state index in [2.05, 4.69) is 4.98 Å². The molecule has 0 spiro atoms. The number of nitrogens with one attached hydrogen (secondary N) is 1. The van der Waals surface area contributed by atoms with Gasteiger partial charge in [0, 0.05) is 47.5 Å². The van der Waals surface area contributed by atoms with E-state index in [0.717, 1.165) is 27.7 Å². The van der Waals surface area contributed by atoms with Gasteiger partial charge in [0.2, 0.25) is 0 Å². The van der Waals surface area contributed by atoms with Crippen LogP contribution in [0.1, 0.15) is 22.9 Å². The molecule has 2 aliphatic heterocycles. The molecule has 2 aliphatic rings. The zero-order valence-electron chi connectivity index (χ0n) is 17.7. The van der Waals surface area contributed by atoms with Gasteiger partial charge in [-0.15, -0.1) is 0 Å². The molecule has 32 heavy (non-hydrogen) atoms. The number of aromatic nitrogens is 1. The first-order valence-electron chi connectivity index (χ1n) is 10.6. The maximum atomic E-state index is 13.5. The number of carbonyl (C=O) groups is 1. The first-order chi connectivity index (χ1) is 15.3. The molecule has 2 amide bonds. The highest BCUT2D eigenvalue weighted by Gasteiger charge is 2.37. The Labute approximate surface area is 191 Å². The lowest BCUT2D eigenvalue weighted by atomic mass is 9.92. The van der Waals surface area contributed by atoms with Crippen LogP contribution in [0.25, 0.3) is 10.9 Å². The molecule has 1 unspecified atom stereocenters. The van der Waals surface area contributed by atoms with Gasteiger partial charge in [-0.3, -0.25) is 0 Å². The summed E-state index contributed by atoms with van der Waals surface area (Å²) in [7, 11) is -3.31. The normalized spacial score (nSPS) is 19.2. The van der Waals surface area contributed by atoms with Crippen molar-refractivity contribution in [3.8, 4) is 0 Å². The summed E-state index contributed by atoms with van der Waals surface area (Å²) in [6.07, 6.45) is 1.90. The Hall–Kier alpha value is -2.55. The van der Waals surface area contributed by atoms with Crippen molar-refractivity contribution in [3.63, 3.8) is 0 Å². The zero-order valence-corrected chi connectivity index (χ0v) is 19.2. The fraction of sp³-hybridized carbons (Fsp3) is 0.348. The maximum absolute atomic E-state index is 13.5. The van der Waals surface area contributed by atoms with Crippen LogP contribution in [0.15, 0.2) is 47.4 Å². The van der Waals surface area contributed by atoms with Crippen molar-refractivity contribution in [1.29, 1.82) is 0 Å². The van der Waals surface area contributed by atoms with Gasteiger partial charge in [-0.25, -0.2) is 13.2 Å². The Kier molecular flexibility index (Phi) is 5.39. The number of hydrogen-bond donors (Lipinski definition) is 1. The highest BCUT2D eigenvalue weighted by atomic mass is 35.5. The minimum absolute atomic E-state index is 0.0344. The number of halogens is 1. The molecule has 7 nitrogen and oxygen atoms in total. The average Bonchev–Trinajstić information content (AvgIpc) is 3.16. The molecule has 3 aromatic rings. The first kappa shape index (κ1) is 21.3. The number of carbonyl (C=O) groups excluding carboxylic acids is 1. The minimum Gasteiger partial charge on any atom is -0.378 e. The topological polar surface area (TPSA) is 82.7 Å². The summed E-state index contributed by atoms with van der Waals surface area (Å²) in [5.41, 5.74) is 3.92. The molecule has 1 atom stereocenters. The van der Waals surface area contributed by atoms with Crippen molar-refractivity contribution in [2.75, 3.05) is 39.1 Å². The number of aromatic amines is 1. The third-order valence-electron chi connectivity index (χ3n) is 6.24. The highest BCUT2D eigenvalue weighted by molar-refractivity contribution is 7.90. The summed E-state index contributed by atoms with van der Waals surface area (Å²) in [6, 6.07) is 12.2. The molecule has 0 aliphatic carbocycles. The molecule has 168 valence electrons. The van der Waals surface area contributed by atoms with E-state index in [1.165, 1.54) is 6.26 Å². The Bertz CT molecular complexity index is 1280. The van der Waals surface area contributed by atoms with Crippen molar-refractivity contribution in [2.24, 2.45) is 0 Å².